The molecule has 2 aromatic carbocycles. The lowest BCUT2D eigenvalue weighted by Gasteiger charge is -2.14. The Hall–Kier alpha value is -2.64. The lowest BCUT2D eigenvalue weighted by Crippen LogP contribution is -2.36. The van der Waals surface area contributed by atoms with E-state index in [0.717, 1.165) is 12.0 Å². The summed E-state index contributed by atoms with van der Waals surface area (Å²) in [7, 11) is 0. The molecule has 0 atom stereocenters. The number of thioether (sulfide) groups is 1. The molecular formula is C20H18N2O3S2. The molecule has 138 valence electrons. The van der Waals surface area contributed by atoms with Gasteiger partial charge in [-0.05, 0) is 35.8 Å². The first-order valence-corrected chi connectivity index (χ1v) is 9.62. The van der Waals surface area contributed by atoms with Crippen molar-refractivity contribution in [2.75, 3.05) is 11.9 Å². The van der Waals surface area contributed by atoms with Crippen molar-refractivity contribution in [2.45, 2.75) is 13.3 Å². The zero-order valence-electron chi connectivity index (χ0n) is 14.6. The zero-order valence-corrected chi connectivity index (χ0v) is 16.3. The van der Waals surface area contributed by atoms with E-state index in [0.29, 0.717) is 14.9 Å². The van der Waals surface area contributed by atoms with Gasteiger partial charge in [-0.15, -0.1) is 0 Å². The first-order valence-electron chi connectivity index (χ1n) is 8.39. The Kier molecular flexibility index (Phi) is 5.93. The largest absolute Gasteiger partial charge is 0.508 e. The third kappa shape index (κ3) is 4.75. The minimum Gasteiger partial charge on any atom is -0.508 e. The van der Waals surface area contributed by atoms with Gasteiger partial charge in [-0.3, -0.25) is 14.5 Å². The number of rotatable bonds is 5. The van der Waals surface area contributed by atoms with Crippen molar-refractivity contribution >= 4 is 51.9 Å². The number of nitrogens with one attached hydrogen (secondary N) is 1. The molecule has 2 aromatic rings. The van der Waals surface area contributed by atoms with Crippen LogP contribution in [0, 0.1) is 0 Å². The van der Waals surface area contributed by atoms with Crippen LogP contribution in [0.15, 0.2) is 53.4 Å². The number of benzene rings is 2. The van der Waals surface area contributed by atoms with Gasteiger partial charge in [0.2, 0.25) is 5.91 Å². The average molecular weight is 399 g/mol. The van der Waals surface area contributed by atoms with Gasteiger partial charge in [0, 0.05) is 11.8 Å². The predicted octanol–water partition coefficient (Wildman–Crippen LogP) is 3.79. The van der Waals surface area contributed by atoms with Crippen molar-refractivity contribution in [2.24, 2.45) is 0 Å². The Morgan fingerprint density at radius 1 is 1.26 bits per heavy atom. The van der Waals surface area contributed by atoms with Gasteiger partial charge in [0.1, 0.15) is 16.6 Å². The van der Waals surface area contributed by atoms with Crippen LogP contribution in [-0.4, -0.2) is 32.7 Å². The number of phenolic OH excluding ortho intramolecular Hbond substituents is 1. The van der Waals surface area contributed by atoms with Gasteiger partial charge in [0.05, 0.1) is 4.91 Å². The molecular weight excluding hydrogens is 380 g/mol. The minimum absolute atomic E-state index is 0.0513. The number of thiocarbonyl (C=S) groups is 1. The van der Waals surface area contributed by atoms with Crippen LogP contribution >= 0.6 is 24.0 Å². The van der Waals surface area contributed by atoms with Crippen LogP contribution < -0.4 is 5.32 Å². The van der Waals surface area contributed by atoms with Gasteiger partial charge >= 0.3 is 0 Å². The van der Waals surface area contributed by atoms with E-state index in [9.17, 15) is 14.7 Å². The highest BCUT2D eigenvalue weighted by Gasteiger charge is 2.33. The molecule has 3 rings (SSSR count). The highest BCUT2D eigenvalue weighted by atomic mass is 32.2. The van der Waals surface area contributed by atoms with E-state index in [4.69, 9.17) is 12.2 Å². The lowest BCUT2D eigenvalue weighted by atomic mass is 10.1. The third-order valence-electron chi connectivity index (χ3n) is 3.99. The first kappa shape index (κ1) is 19.1. The maximum absolute atomic E-state index is 12.6. The topological polar surface area (TPSA) is 69.6 Å². The van der Waals surface area contributed by atoms with Crippen molar-refractivity contribution < 1.29 is 14.7 Å². The lowest BCUT2D eigenvalue weighted by molar-refractivity contribution is -0.126. The maximum Gasteiger partial charge on any atom is 0.266 e. The van der Waals surface area contributed by atoms with Crippen LogP contribution in [0.1, 0.15) is 18.1 Å². The molecule has 0 unspecified atom stereocenters. The van der Waals surface area contributed by atoms with E-state index in [2.05, 4.69) is 12.2 Å². The minimum atomic E-state index is -0.384. The van der Waals surface area contributed by atoms with Crippen molar-refractivity contribution in [3.63, 3.8) is 0 Å². The number of anilines is 1. The molecule has 1 aliphatic rings. The summed E-state index contributed by atoms with van der Waals surface area (Å²) in [5.74, 6) is -0.614. The molecule has 27 heavy (non-hydrogen) atoms. The number of hydrogen-bond acceptors (Lipinski definition) is 5. The molecule has 0 aliphatic carbocycles. The SMILES string of the molecule is CCc1ccc(C=C2SC(=S)N(CC(=O)Nc3cccc(O)c3)C2=O)cc1. The van der Waals surface area contributed by atoms with Crippen LogP contribution in [0.3, 0.4) is 0 Å². The van der Waals surface area contributed by atoms with Gasteiger partial charge in [-0.2, -0.15) is 0 Å². The van der Waals surface area contributed by atoms with Crippen LogP contribution in [-0.2, 0) is 16.0 Å². The van der Waals surface area contributed by atoms with Crippen molar-refractivity contribution in [1.29, 1.82) is 0 Å². The van der Waals surface area contributed by atoms with Gasteiger partial charge in [-0.25, -0.2) is 0 Å². The number of carbonyl (C=O) groups excluding carboxylic acids is 2. The smallest absolute Gasteiger partial charge is 0.266 e. The summed E-state index contributed by atoms with van der Waals surface area (Å²) in [6, 6.07) is 14.2. The highest BCUT2D eigenvalue weighted by molar-refractivity contribution is 8.26. The fourth-order valence-corrected chi connectivity index (χ4v) is 3.82. The molecule has 5 nitrogen and oxygen atoms in total. The second kappa shape index (κ2) is 8.37. The number of aromatic hydroxyl groups is 1. The van der Waals surface area contributed by atoms with Gasteiger partial charge in [-0.1, -0.05) is 61.2 Å². The van der Waals surface area contributed by atoms with E-state index in [1.54, 1.807) is 18.2 Å². The molecule has 1 fully saturated rings. The Balaban J connectivity index is 1.68. The van der Waals surface area contributed by atoms with Crippen molar-refractivity contribution in [1.82, 2.24) is 4.90 Å². The Bertz CT molecular complexity index is 923. The molecule has 0 saturated carbocycles. The second-order valence-electron chi connectivity index (χ2n) is 5.96. The average Bonchev–Trinajstić information content (AvgIpc) is 2.90. The second-order valence-corrected chi connectivity index (χ2v) is 7.64. The fraction of sp³-hybridized carbons (Fsp3) is 0.150. The van der Waals surface area contributed by atoms with Gasteiger partial charge in [0.15, 0.2) is 0 Å². The summed E-state index contributed by atoms with van der Waals surface area (Å²) in [5, 5.41) is 12.1. The van der Waals surface area contributed by atoms with E-state index >= 15 is 0 Å². The molecule has 0 aromatic heterocycles. The van der Waals surface area contributed by atoms with E-state index < -0.39 is 0 Å². The molecule has 1 aliphatic heterocycles. The summed E-state index contributed by atoms with van der Waals surface area (Å²) in [6.07, 6.45) is 2.74. The Labute approximate surface area is 167 Å². The van der Waals surface area contributed by atoms with E-state index in [1.165, 1.54) is 34.4 Å². The highest BCUT2D eigenvalue weighted by Crippen LogP contribution is 2.32. The van der Waals surface area contributed by atoms with Crippen molar-refractivity contribution in [3.05, 3.63) is 64.6 Å². The Morgan fingerprint density at radius 2 is 2.00 bits per heavy atom. The molecule has 0 bridgehead atoms. The Morgan fingerprint density at radius 3 is 2.67 bits per heavy atom. The number of phenols is 1. The molecule has 0 radical (unpaired) electrons. The first-order chi connectivity index (χ1) is 13.0. The summed E-state index contributed by atoms with van der Waals surface area (Å²) in [5.41, 5.74) is 2.59. The summed E-state index contributed by atoms with van der Waals surface area (Å²) in [4.78, 5) is 26.6. The van der Waals surface area contributed by atoms with Crippen molar-refractivity contribution in [3.8, 4) is 5.75 Å². The monoisotopic (exact) mass is 398 g/mol. The van der Waals surface area contributed by atoms with E-state index in [-0.39, 0.29) is 24.1 Å². The molecule has 2 N–H and O–H groups in total. The zero-order chi connectivity index (χ0) is 19.4. The van der Waals surface area contributed by atoms with Gasteiger partial charge < -0.3 is 10.4 Å². The molecule has 7 heteroatoms. The number of nitrogens with zero attached hydrogens (tertiary/aromatic N) is 1. The predicted molar refractivity (Wildman–Crippen MR) is 112 cm³/mol. The summed E-state index contributed by atoms with van der Waals surface area (Å²) in [6.45, 7) is 1.91. The number of amides is 2. The van der Waals surface area contributed by atoms with Crippen LogP contribution in [0.2, 0.25) is 0 Å². The number of aryl methyl sites for hydroxylation is 1. The third-order valence-corrected chi connectivity index (χ3v) is 5.37. The summed E-state index contributed by atoms with van der Waals surface area (Å²) < 4.78 is 0.350. The molecule has 1 heterocycles. The normalized spacial score (nSPS) is 15.4. The quantitative estimate of drug-likeness (QED) is 0.592. The van der Waals surface area contributed by atoms with Crippen LogP contribution in [0.4, 0.5) is 5.69 Å². The van der Waals surface area contributed by atoms with Gasteiger partial charge in [0.25, 0.3) is 5.91 Å². The summed E-state index contributed by atoms with van der Waals surface area (Å²) >= 11 is 6.45. The molecule has 0 spiro atoms. The number of hydrogen-bond donors (Lipinski definition) is 2. The van der Waals surface area contributed by atoms with E-state index in [1.807, 2.05) is 24.3 Å². The molecule has 2 amide bonds. The standard InChI is InChI=1S/C20H18N2O3S2/c1-2-13-6-8-14(9-7-13)10-17-19(25)22(20(26)27-17)12-18(24)21-15-4-3-5-16(23)11-15/h3-11,23H,2,12H2,1H3,(H,21,24). The number of carbonyl (C=O) groups is 2. The van der Waals surface area contributed by atoms with Crippen LogP contribution in [0.5, 0.6) is 5.75 Å². The molecule has 1 saturated heterocycles. The van der Waals surface area contributed by atoms with Crippen LogP contribution in [0.25, 0.3) is 6.08 Å². The fourth-order valence-electron chi connectivity index (χ4n) is 2.57. The maximum atomic E-state index is 12.6.